The number of carbonyl (C=O) groups is 3. The molecule has 3 heterocycles. The standard InChI is InChI=1S/C39H54FN3O12S3/c1-27(2)36-33(37(28-9-11-29(40)12-10-28)42-38(41-36)43(3)58(4,47)48)14-13-30-25-31(26-35(45)54-30)55-39(46)53-23-21-51-19-17-49-16-18-50-20-22-52-34(44)8-6-5-7-32-15-24-56-57-32/h9-14,27,30-32H,5-8,15-26H2,1-4H3/b14-13+. The summed E-state index contributed by atoms with van der Waals surface area (Å²) in [6.45, 7) is 5.56. The number of hydrogen-bond acceptors (Lipinski definition) is 16. The first-order chi connectivity index (χ1) is 27.8. The summed E-state index contributed by atoms with van der Waals surface area (Å²) < 4.78 is 77.0. The molecule has 19 heteroatoms. The van der Waals surface area contributed by atoms with Crippen LogP contribution in [0.1, 0.15) is 76.0 Å². The molecular weight excluding hydrogens is 818 g/mol. The van der Waals surface area contributed by atoms with Gasteiger partial charge >= 0.3 is 18.1 Å². The van der Waals surface area contributed by atoms with Gasteiger partial charge in [-0.25, -0.2) is 31.9 Å². The van der Waals surface area contributed by atoms with Gasteiger partial charge in [0, 0.05) is 42.0 Å². The largest absolute Gasteiger partial charge is 0.508 e. The molecule has 2 aromatic rings. The lowest BCUT2D eigenvalue weighted by molar-refractivity contribution is -0.157. The van der Waals surface area contributed by atoms with E-state index < -0.39 is 40.2 Å². The van der Waals surface area contributed by atoms with Gasteiger partial charge in [-0.05, 0) is 55.5 Å². The average molecular weight is 872 g/mol. The molecule has 0 saturated carbocycles. The molecule has 0 amide bonds. The number of halogens is 1. The highest BCUT2D eigenvalue weighted by Crippen LogP contribution is 2.40. The summed E-state index contributed by atoms with van der Waals surface area (Å²) >= 11 is 0. The smallest absolute Gasteiger partial charge is 0.463 e. The van der Waals surface area contributed by atoms with Gasteiger partial charge in [-0.3, -0.25) is 9.59 Å². The quantitative estimate of drug-likeness (QED) is 0.0493. The summed E-state index contributed by atoms with van der Waals surface area (Å²) in [5, 5.41) is 0.724. The molecule has 2 aliphatic rings. The molecule has 15 nitrogen and oxygen atoms in total. The van der Waals surface area contributed by atoms with Crippen molar-refractivity contribution in [2.24, 2.45) is 0 Å². The van der Waals surface area contributed by atoms with Gasteiger partial charge in [0.15, 0.2) is 0 Å². The molecule has 0 aliphatic carbocycles. The number of unbranched alkanes of at least 4 members (excludes halogenated alkanes) is 1. The van der Waals surface area contributed by atoms with Gasteiger partial charge in [0.05, 0.1) is 63.7 Å². The maximum Gasteiger partial charge on any atom is 0.508 e. The summed E-state index contributed by atoms with van der Waals surface area (Å²) in [6.07, 6.45) is 6.51. The van der Waals surface area contributed by atoms with E-state index in [0.717, 1.165) is 35.1 Å². The van der Waals surface area contributed by atoms with Crippen molar-refractivity contribution in [1.29, 1.82) is 0 Å². The normalized spacial score (nSPS) is 18.4. The Balaban J connectivity index is 1.13. The number of ether oxygens (including phenoxy) is 7. The van der Waals surface area contributed by atoms with E-state index in [-0.39, 0.29) is 57.1 Å². The number of anilines is 1. The molecule has 0 bridgehead atoms. The zero-order valence-corrected chi connectivity index (χ0v) is 35.9. The number of hydrogen-bond donors (Lipinski definition) is 0. The number of rotatable bonds is 24. The fourth-order valence-electron chi connectivity index (χ4n) is 5.79. The van der Waals surface area contributed by atoms with E-state index in [4.69, 9.17) is 33.2 Å². The van der Waals surface area contributed by atoms with Crippen LogP contribution in [0.2, 0.25) is 0 Å². The third kappa shape index (κ3) is 16.6. The molecule has 2 aliphatic heterocycles. The molecule has 58 heavy (non-hydrogen) atoms. The molecule has 1 aromatic carbocycles. The molecule has 4 rings (SSSR count). The molecule has 2 fully saturated rings. The van der Waals surface area contributed by atoms with Crippen molar-refractivity contribution in [3.8, 4) is 11.3 Å². The highest BCUT2D eigenvalue weighted by atomic mass is 33.1. The van der Waals surface area contributed by atoms with E-state index in [1.807, 2.05) is 35.4 Å². The number of cyclic esters (lactones) is 1. The predicted molar refractivity (Wildman–Crippen MR) is 219 cm³/mol. The first kappa shape index (κ1) is 47.2. The van der Waals surface area contributed by atoms with Gasteiger partial charge in [0.25, 0.3) is 0 Å². The molecule has 3 unspecified atom stereocenters. The second-order valence-corrected chi connectivity index (χ2v) is 18.7. The maximum absolute atomic E-state index is 13.8. The van der Waals surface area contributed by atoms with Gasteiger partial charge in [-0.2, -0.15) is 0 Å². The second-order valence-electron chi connectivity index (χ2n) is 13.9. The zero-order valence-electron chi connectivity index (χ0n) is 33.4. The van der Waals surface area contributed by atoms with E-state index in [1.54, 1.807) is 12.2 Å². The Labute approximate surface area is 347 Å². The number of sulfonamides is 1. The lowest BCUT2D eigenvalue weighted by Crippen LogP contribution is -2.34. The summed E-state index contributed by atoms with van der Waals surface area (Å²) in [7, 11) is 1.53. The fourth-order valence-corrected chi connectivity index (χ4v) is 9.19. The third-order valence-electron chi connectivity index (χ3n) is 8.89. The first-order valence-corrected chi connectivity index (χ1v) is 23.5. The van der Waals surface area contributed by atoms with E-state index in [1.165, 1.54) is 43.5 Å². The van der Waals surface area contributed by atoms with Crippen molar-refractivity contribution in [3.05, 3.63) is 47.4 Å². The lowest BCUT2D eigenvalue weighted by Gasteiger charge is -2.26. The molecule has 0 spiro atoms. The van der Waals surface area contributed by atoms with Gasteiger partial charge in [-0.1, -0.05) is 47.9 Å². The molecule has 322 valence electrons. The number of esters is 2. The maximum atomic E-state index is 13.8. The Kier molecular flexibility index (Phi) is 20.0. The van der Waals surface area contributed by atoms with Gasteiger partial charge in [0.1, 0.15) is 31.2 Å². The highest BCUT2D eigenvalue weighted by Gasteiger charge is 2.31. The summed E-state index contributed by atoms with van der Waals surface area (Å²) in [5.41, 5.74) is 1.90. The highest BCUT2D eigenvalue weighted by molar-refractivity contribution is 8.77. The molecule has 3 atom stereocenters. The second kappa shape index (κ2) is 24.6. The lowest BCUT2D eigenvalue weighted by atomic mass is 9.97. The minimum atomic E-state index is -3.70. The van der Waals surface area contributed by atoms with Crippen LogP contribution in [-0.2, 0) is 52.8 Å². The minimum Gasteiger partial charge on any atom is -0.463 e. The predicted octanol–water partition coefficient (Wildman–Crippen LogP) is 6.35. The van der Waals surface area contributed by atoms with Crippen LogP contribution >= 0.6 is 21.6 Å². The Hall–Kier alpha value is -3.49. The van der Waals surface area contributed by atoms with Crippen molar-refractivity contribution in [2.75, 3.05) is 76.2 Å². The van der Waals surface area contributed by atoms with Gasteiger partial charge in [-0.15, -0.1) is 0 Å². The van der Waals surface area contributed by atoms with Crippen LogP contribution in [0.15, 0.2) is 30.3 Å². The van der Waals surface area contributed by atoms with Crippen LogP contribution in [0.5, 0.6) is 0 Å². The van der Waals surface area contributed by atoms with E-state index in [9.17, 15) is 27.2 Å². The van der Waals surface area contributed by atoms with Crippen LogP contribution in [0.3, 0.4) is 0 Å². The van der Waals surface area contributed by atoms with E-state index in [2.05, 4.69) is 9.97 Å². The van der Waals surface area contributed by atoms with Crippen molar-refractivity contribution in [1.82, 2.24) is 9.97 Å². The zero-order chi connectivity index (χ0) is 41.9. The molecule has 0 N–H and O–H groups in total. The summed E-state index contributed by atoms with van der Waals surface area (Å²) in [5.74, 6) is -0.249. The topological polar surface area (TPSA) is 179 Å². The molecule has 2 saturated heterocycles. The minimum absolute atomic E-state index is 0.0552. The SMILES string of the molecule is CC(C)c1nc(N(C)S(C)(=O)=O)nc(-c2ccc(F)cc2)c1/C=C/C1CC(OC(=O)OCCOCCOCCOCCOC(=O)CCCCC2CCSS2)CC(=O)O1. The number of aromatic nitrogens is 2. The average Bonchev–Trinajstić information content (AvgIpc) is 3.70. The van der Waals surface area contributed by atoms with Crippen molar-refractivity contribution >= 4 is 61.7 Å². The third-order valence-corrected chi connectivity index (χ3v) is 13.1. The summed E-state index contributed by atoms with van der Waals surface area (Å²) in [6, 6.07) is 5.59. The monoisotopic (exact) mass is 871 g/mol. The number of nitrogens with zero attached hydrogens (tertiary/aromatic N) is 3. The Morgan fingerprint density at radius 2 is 1.64 bits per heavy atom. The van der Waals surface area contributed by atoms with Crippen molar-refractivity contribution < 1.29 is 60.3 Å². The first-order valence-electron chi connectivity index (χ1n) is 19.3. The fraction of sp³-hybridized carbons (Fsp3) is 0.615. The van der Waals surface area contributed by atoms with Crippen LogP contribution in [0, 0.1) is 5.82 Å². The van der Waals surface area contributed by atoms with Crippen LogP contribution in [0.25, 0.3) is 17.3 Å². The van der Waals surface area contributed by atoms with Crippen LogP contribution < -0.4 is 4.31 Å². The molecule has 1 aromatic heterocycles. The van der Waals surface area contributed by atoms with Crippen LogP contribution in [0.4, 0.5) is 15.1 Å². The van der Waals surface area contributed by atoms with E-state index in [0.29, 0.717) is 55.4 Å². The molecular formula is C39H54FN3O12S3. The number of carbonyl (C=O) groups excluding carboxylic acids is 3. The Morgan fingerprint density at radius 1 is 0.983 bits per heavy atom. The van der Waals surface area contributed by atoms with Gasteiger partial charge in [0.2, 0.25) is 16.0 Å². The van der Waals surface area contributed by atoms with Crippen LogP contribution in [-0.4, -0.2) is 126 Å². The Bertz CT molecular complexity index is 1760. The van der Waals surface area contributed by atoms with Crippen molar-refractivity contribution in [3.63, 3.8) is 0 Å². The summed E-state index contributed by atoms with van der Waals surface area (Å²) in [4.78, 5) is 45.8. The number of benzene rings is 1. The van der Waals surface area contributed by atoms with Gasteiger partial charge < -0.3 is 33.2 Å². The molecule has 0 radical (unpaired) electrons. The Morgan fingerprint density at radius 3 is 2.26 bits per heavy atom. The van der Waals surface area contributed by atoms with E-state index >= 15 is 0 Å². The van der Waals surface area contributed by atoms with Crippen molar-refractivity contribution in [2.45, 2.75) is 82.2 Å².